The van der Waals surface area contributed by atoms with Gasteiger partial charge in [0.2, 0.25) is 0 Å². The van der Waals surface area contributed by atoms with Gasteiger partial charge < -0.3 is 16.2 Å². The van der Waals surface area contributed by atoms with Gasteiger partial charge in [0.05, 0.1) is 12.1 Å². The average Bonchev–Trinajstić information content (AvgIpc) is 2.70. The number of nitrogens with two attached hydrogens (primary N) is 1. The number of guanidine groups is 1. The zero-order valence-electron chi connectivity index (χ0n) is 10.2. The lowest BCUT2D eigenvalue weighted by molar-refractivity contribution is -0.0577. The zero-order chi connectivity index (χ0) is 11.8. The van der Waals surface area contributed by atoms with Crippen LogP contribution >= 0.6 is 0 Å². The normalized spacial score (nSPS) is 34.8. The molecular formula is C12H23N3O. The van der Waals surface area contributed by atoms with Gasteiger partial charge in [0.15, 0.2) is 5.96 Å². The lowest BCUT2D eigenvalue weighted by Crippen LogP contribution is -2.53. The second-order valence-electron chi connectivity index (χ2n) is 5.73. The lowest BCUT2D eigenvalue weighted by Gasteiger charge is -2.47. The number of nitrogens with one attached hydrogen (secondary N) is 1. The quantitative estimate of drug-likeness (QED) is 0.485. The summed E-state index contributed by atoms with van der Waals surface area (Å²) >= 11 is 0. The molecule has 2 unspecified atom stereocenters. The van der Waals surface area contributed by atoms with Crippen LogP contribution in [0.15, 0.2) is 4.99 Å². The summed E-state index contributed by atoms with van der Waals surface area (Å²) in [6.07, 6.45) is 5.48. The van der Waals surface area contributed by atoms with Crippen LogP contribution in [0.2, 0.25) is 0 Å². The van der Waals surface area contributed by atoms with E-state index in [1.165, 1.54) is 25.7 Å². The van der Waals surface area contributed by atoms with Crippen LogP contribution in [0.1, 0.15) is 46.0 Å². The minimum absolute atomic E-state index is 0.123. The highest BCUT2D eigenvalue weighted by molar-refractivity contribution is 5.78. The van der Waals surface area contributed by atoms with E-state index < -0.39 is 0 Å². The Hall–Kier alpha value is -0.770. The number of aliphatic imine (C=N–C) groups is 1. The molecule has 2 saturated carbocycles. The van der Waals surface area contributed by atoms with Crippen LogP contribution in [0.4, 0.5) is 0 Å². The van der Waals surface area contributed by atoms with Crippen molar-refractivity contribution < 1.29 is 5.11 Å². The van der Waals surface area contributed by atoms with Gasteiger partial charge in [-0.2, -0.15) is 0 Å². The van der Waals surface area contributed by atoms with Crippen molar-refractivity contribution in [3.63, 3.8) is 0 Å². The van der Waals surface area contributed by atoms with Gasteiger partial charge in [-0.3, -0.25) is 0 Å². The molecule has 4 heteroatoms. The van der Waals surface area contributed by atoms with Crippen LogP contribution in [-0.4, -0.2) is 29.3 Å². The Morgan fingerprint density at radius 1 is 1.38 bits per heavy atom. The molecule has 4 N–H and O–H groups in total. The second kappa shape index (κ2) is 4.24. The van der Waals surface area contributed by atoms with Crippen LogP contribution in [0, 0.1) is 5.41 Å². The third kappa shape index (κ3) is 2.17. The lowest BCUT2D eigenvalue weighted by atomic mass is 9.65. The van der Waals surface area contributed by atoms with E-state index in [4.69, 9.17) is 5.73 Å². The summed E-state index contributed by atoms with van der Waals surface area (Å²) in [5, 5.41) is 12.9. The Kier molecular flexibility index (Phi) is 3.10. The predicted octanol–water partition coefficient (Wildman–Crippen LogP) is 0.993. The maximum Gasteiger partial charge on any atom is 0.189 e. The molecular weight excluding hydrogens is 202 g/mol. The molecule has 16 heavy (non-hydrogen) atoms. The molecule has 0 heterocycles. The number of aliphatic hydroxyl groups is 1. The number of nitrogens with zero attached hydrogens (tertiary/aromatic N) is 1. The fourth-order valence-corrected chi connectivity index (χ4v) is 2.58. The van der Waals surface area contributed by atoms with Crippen molar-refractivity contribution in [2.75, 3.05) is 0 Å². The van der Waals surface area contributed by atoms with Gasteiger partial charge in [-0.15, -0.1) is 0 Å². The number of rotatable bonds is 2. The first-order chi connectivity index (χ1) is 7.50. The standard InChI is InChI=1S/C12H23N3O/c1-12(2)9(7-10(12)16)15-11(13)14-8-5-3-4-6-8/h8-10,16H,3-7H2,1-2H3,(H3,13,14,15). The highest BCUT2D eigenvalue weighted by Crippen LogP contribution is 2.42. The van der Waals surface area contributed by atoms with E-state index in [0.717, 1.165) is 6.42 Å². The van der Waals surface area contributed by atoms with Crippen LogP contribution in [0.5, 0.6) is 0 Å². The van der Waals surface area contributed by atoms with E-state index in [1.807, 2.05) is 13.8 Å². The molecule has 2 aliphatic carbocycles. The molecule has 2 fully saturated rings. The molecule has 4 nitrogen and oxygen atoms in total. The first-order valence-electron chi connectivity index (χ1n) is 6.28. The van der Waals surface area contributed by atoms with Gasteiger partial charge >= 0.3 is 0 Å². The van der Waals surface area contributed by atoms with Crippen LogP contribution < -0.4 is 11.1 Å². The van der Waals surface area contributed by atoms with Crippen LogP contribution in [-0.2, 0) is 0 Å². The Morgan fingerprint density at radius 2 is 2.00 bits per heavy atom. The highest BCUT2D eigenvalue weighted by Gasteiger charge is 2.47. The summed E-state index contributed by atoms with van der Waals surface area (Å²) in [5.74, 6) is 0.553. The third-order valence-corrected chi connectivity index (χ3v) is 4.17. The van der Waals surface area contributed by atoms with Gasteiger partial charge in [0.1, 0.15) is 0 Å². The number of hydrogen-bond donors (Lipinski definition) is 3. The first-order valence-corrected chi connectivity index (χ1v) is 6.28. The molecule has 0 spiro atoms. The van der Waals surface area contributed by atoms with Crippen LogP contribution in [0.3, 0.4) is 0 Å². The molecule has 0 bridgehead atoms. The second-order valence-corrected chi connectivity index (χ2v) is 5.73. The summed E-state index contributed by atoms with van der Waals surface area (Å²) in [4.78, 5) is 4.47. The maximum absolute atomic E-state index is 9.61. The van der Waals surface area contributed by atoms with Crippen LogP contribution in [0.25, 0.3) is 0 Å². The number of hydrogen-bond acceptors (Lipinski definition) is 2. The van der Waals surface area contributed by atoms with Crippen molar-refractivity contribution in [2.24, 2.45) is 16.1 Å². The van der Waals surface area contributed by atoms with E-state index in [9.17, 15) is 5.11 Å². The molecule has 92 valence electrons. The Morgan fingerprint density at radius 3 is 2.50 bits per heavy atom. The van der Waals surface area contributed by atoms with Crippen molar-refractivity contribution in [3.8, 4) is 0 Å². The summed E-state index contributed by atoms with van der Waals surface area (Å²) in [6, 6.07) is 0.674. The monoisotopic (exact) mass is 225 g/mol. The van der Waals surface area contributed by atoms with E-state index in [-0.39, 0.29) is 17.6 Å². The maximum atomic E-state index is 9.61. The van der Waals surface area contributed by atoms with Gasteiger partial charge in [-0.25, -0.2) is 4.99 Å². The minimum Gasteiger partial charge on any atom is -0.392 e. The van der Waals surface area contributed by atoms with E-state index in [1.54, 1.807) is 0 Å². The Balaban J connectivity index is 1.87. The van der Waals surface area contributed by atoms with Crippen molar-refractivity contribution in [1.82, 2.24) is 5.32 Å². The summed E-state index contributed by atoms with van der Waals surface area (Å²) in [7, 11) is 0. The molecule has 2 atom stereocenters. The molecule has 0 aromatic rings. The molecule has 0 radical (unpaired) electrons. The minimum atomic E-state index is -0.236. The van der Waals surface area contributed by atoms with Crippen molar-refractivity contribution in [1.29, 1.82) is 0 Å². The van der Waals surface area contributed by atoms with Gasteiger partial charge in [0.25, 0.3) is 0 Å². The zero-order valence-corrected chi connectivity index (χ0v) is 10.2. The van der Waals surface area contributed by atoms with Gasteiger partial charge in [0, 0.05) is 11.5 Å². The van der Waals surface area contributed by atoms with Crippen molar-refractivity contribution in [2.45, 2.75) is 64.1 Å². The largest absolute Gasteiger partial charge is 0.392 e. The summed E-state index contributed by atoms with van der Waals surface area (Å²) < 4.78 is 0. The predicted molar refractivity (Wildman–Crippen MR) is 65.2 cm³/mol. The fraction of sp³-hybridized carbons (Fsp3) is 0.917. The fourth-order valence-electron chi connectivity index (χ4n) is 2.58. The topological polar surface area (TPSA) is 70.6 Å². The molecule has 2 aliphatic rings. The molecule has 0 aromatic carbocycles. The summed E-state index contributed by atoms with van der Waals surface area (Å²) in [5.41, 5.74) is 5.76. The van der Waals surface area contributed by atoms with Gasteiger partial charge in [-0.05, 0) is 19.3 Å². The van der Waals surface area contributed by atoms with Crippen molar-refractivity contribution >= 4 is 5.96 Å². The van der Waals surface area contributed by atoms with E-state index >= 15 is 0 Å². The molecule has 0 aliphatic heterocycles. The van der Waals surface area contributed by atoms with E-state index in [0.29, 0.717) is 12.0 Å². The van der Waals surface area contributed by atoms with E-state index in [2.05, 4.69) is 10.3 Å². The Bertz CT molecular complexity index is 282. The van der Waals surface area contributed by atoms with Crippen molar-refractivity contribution in [3.05, 3.63) is 0 Å². The third-order valence-electron chi connectivity index (χ3n) is 4.17. The SMILES string of the molecule is CC1(C)C(O)CC1N=C(N)NC1CCCC1. The number of aliphatic hydroxyl groups excluding tert-OH is 1. The molecule has 2 rings (SSSR count). The smallest absolute Gasteiger partial charge is 0.189 e. The van der Waals surface area contributed by atoms with Gasteiger partial charge in [-0.1, -0.05) is 26.7 Å². The average molecular weight is 225 g/mol. The summed E-state index contributed by atoms with van der Waals surface area (Å²) in [6.45, 7) is 4.08. The molecule has 0 aromatic heterocycles. The Labute approximate surface area is 97.3 Å². The molecule has 0 amide bonds. The first kappa shape index (κ1) is 11.7. The highest BCUT2D eigenvalue weighted by atomic mass is 16.3. The molecule has 0 saturated heterocycles.